The Morgan fingerprint density at radius 3 is 2.82 bits per heavy atom. The molecular formula is C19H20N4O5. The first-order valence-electron chi connectivity index (χ1n) is 9.00. The summed E-state index contributed by atoms with van der Waals surface area (Å²) >= 11 is 0. The van der Waals surface area contributed by atoms with Crippen LogP contribution in [0.15, 0.2) is 41.7 Å². The van der Waals surface area contributed by atoms with Crippen LogP contribution in [-0.4, -0.2) is 81.1 Å². The van der Waals surface area contributed by atoms with Gasteiger partial charge in [0.15, 0.2) is 11.3 Å². The van der Waals surface area contributed by atoms with Crippen LogP contribution in [0.2, 0.25) is 0 Å². The molecule has 0 aromatic carbocycles. The predicted molar refractivity (Wildman–Crippen MR) is 99.9 cm³/mol. The second-order valence-corrected chi connectivity index (χ2v) is 6.62. The lowest BCUT2D eigenvalue weighted by Gasteiger charge is -2.35. The normalized spacial score (nSPS) is 19.7. The second kappa shape index (κ2) is 7.45. The van der Waals surface area contributed by atoms with Gasteiger partial charge in [0.1, 0.15) is 5.65 Å². The molecule has 28 heavy (non-hydrogen) atoms. The van der Waals surface area contributed by atoms with Gasteiger partial charge < -0.3 is 24.8 Å². The number of fused-ring (bicyclic) bond motifs is 1. The molecule has 0 atom stereocenters. The summed E-state index contributed by atoms with van der Waals surface area (Å²) in [4.78, 5) is 35.5. The number of carboxylic acid groups (broad SMARTS) is 1. The summed E-state index contributed by atoms with van der Waals surface area (Å²) < 4.78 is 5.74. The molecule has 9 nitrogen and oxygen atoms in total. The highest BCUT2D eigenvalue weighted by atomic mass is 16.5. The van der Waals surface area contributed by atoms with E-state index in [0.717, 1.165) is 5.39 Å². The first kappa shape index (κ1) is 18.2. The van der Waals surface area contributed by atoms with Gasteiger partial charge in [0, 0.05) is 56.1 Å². The average molecular weight is 384 g/mol. The molecule has 0 spiro atoms. The standard InChI is InChI=1S/C19H20N4O5/c24-9-8-22-4-6-23(7-5-22)18-15(19(26)27)16(25)14(28-18)10-12-11-21-17-13(12)2-1-3-20-17/h1-3,10-11,24H,4-9H2,(H,20,21)(H,26,27). The molecule has 2 aliphatic heterocycles. The van der Waals surface area contributed by atoms with Crippen LogP contribution in [0, 0.1) is 0 Å². The van der Waals surface area contributed by atoms with Crippen molar-refractivity contribution in [1.82, 2.24) is 19.8 Å². The van der Waals surface area contributed by atoms with E-state index in [1.165, 1.54) is 0 Å². The quantitative estimate of drug-likeness (QED) is 0.501. The number of carboxylic acids is 1. The van der Waals surface area contributed by atoms with E-state index in [1.54, 1.807) is 29.4 Å². The molecule has 0 amide bonds. The van der Waals surface area contributed by atoms with Gasteiger partial charge in [-0.05, 0) is 18.2 Å². The summed E-state index contributed by atoms with van der Waals surface area (Å²) in [7, 11) is 0. The Bertz CT molecular complexity index is 985. The SMILES string of the molecule is O=C(O)C1=C(N2CCN(CCO)CC2)OC(=Cc2c[nH]c3ncccc23)C1=O. The number of nitrogens with zero attached hydrogens (tertiary/aromatic N) is 3. The molecular weight excluding hydrogens is 364 g/mol. The monoisotopic (exact) mass is 384 g/mol. The number of β-amino-alcohol motifs (C(OH)–C–C–N with tert-alkyl or cyclic N) is 1. The molecule has 146 valence electrons. The molecule has 4 rings (SSSR count). The summed E-state index contributed by atoms with van der Waals surface area (Å²) in [6.45, 7) is 2.99. The van der Waals surface area contributed by atoms with Gasteiger partial charge in [-0.3, -0.25) is 9.69 Å². The largest absolute Gasteiger partial charge is 0.477 e. The number of nitrogens with one attached hydrogen (secondary N) is 1. The zero-order valence-corrected chi connectivity index (χ0v) is 15.1. The topological polar surface area (TPSA) is 119 Å². The van der Waals surface area contributed by atoms with Crippen LogP contribution < -0.4 is 0 Å². The minimum absolute atomic E-state index is 0.0186. The van der Waals surface area contributed by atoms with Crippen molar-refractivity contribution in [3.05, 3.63) is 47.3 Å². The maximum Gasteiger partial charge on any atom is 0.345 e. The highest BCUT2D eigenvalue weighted by molar-refractivity contribution is 6.26. The maximum atomic E-state index is 12.7. The number of hydrogen-bond acceptors (Lipinski definition) is 7. The van der Waals surface area contributed by atoms with Crippen molar-refractivity contribution in [3.8, 4) is 0 Å². The first-order chi connectivity index (χ1) is 13.6. The summed E-state index contributed by atoms with van der Waals surface area (Å²) in [6, 6.07) is 3.64. The number of Topliss-reactive ketones (excluding diaryl/α,β-unsaturated/α-hetero) is 1. The number of allylic oxidation sites excluding steroid dienone is 1. The number of ketones is 1. The Hall–Kier alpha value is -3.17. The molecule has 2 aromatic rings. The number of carbonyl (C=O) groups is 2. The molecule has 1 fully saturated rings. The van der Waals surface area contributed by atoms with Gasteiger partial charge in [0.2, 0.25) is 11.7 Å². The van der Waals surface area contributed by atoms with Gasteiger partial charge in [-0.2, -0.15) is 0 Å². The van der Waals surface area contributed by atoms with Crippen molar-refractivity contribution >= 4 is 28.9 Å². The molecule has 0 saturated carbocycles. The van der Waals surface area contributed by atoms with E-state index in [0.29, 0.717) is 43.9 Å². The van der Waals surface area contributed by atoms with Crippen LogP contribution in [0.4, 0.5) is 0 Å². The molecule has 0 aliphatic carbocycles. The Balaban J connectivity index is 1.61. The Morgan fingerprint density at radius 2 is 2.11 bits per heavy atom. The Kier molecular flexibility index (Phi) is 4.84. The van der Waals surface area contributed by atoms with Crippen LogP contribution in [0.3, 0.4) is 0 Å². The van der Waals surface area contributed by atoms with Gasteiger partial charge >= 0.3 is 5.97 Å². The van der Waals surface area contributed by atoms with E-state index in [1.807, 2.05) is 6.07 Å². The summed E-state index contributed by atoms with van der Waals surface area (Å²) in [5, 5.41) is 19.4. The Labute approximate surface area is 160 Å². The van der Waals surface area contributed by atoms with E-state index in [9.17, 15) is 14.7 Å². The van der Waals surface area contributed by atoms with Crippen LogP contribution in [0.25, 0.3) is 17.1 Å². The number of piperazine rings is 1. The zero-order chi connectivity index (χ0) is 19.7. The number of rotatable bonds is 5. The summed E-state index contributed by atoms with van der Waals surface area (Å²) in [5.41, 5.74) is 1.02. The molecule has 0 radical (unpaired) electrons. The fourth-order valence-electron chi connectivity index (χ4n) is 3.48. The third-order valence-electron chi connectivity index (χ3n) is 4.93. The van der Waals surface area contributed by atoms with Crippen molar-refractivity contribution < 1.29 is 24.5 Å². The van der Waals surface area contributed by atoms with Crippen molar-refractivity contribution in [2.45, 2.75) is 0 Å². The van der Waals surface area contributed by atoms with Crippen molar-refractivity contribution in [3.63, 3.8) is 0 Å². The lowest BCUT2D eigenvalue weighted by molar-refractivity contribution is -0.134. The lowest BCUT2D eigenvalue weighted by atomic mass is 10.1. The van der Waals surface area contributed by atoms with Gasteiger partial charge in [-0.1, -0.05) is 0 Å². The Morgan fingerprint density at radius 1 is 1.32 bits per heavy atom. The molecule has 4 heterocycles. The van der Waals surface area contributed by atoms with Crippen LogP contribution in [-0.2, 0) is 14.3 Å². The highest BCUT2D eigenvalue weighted by Gasteiger charge is 2.39. The molecule has 9 heteroatoms. The van der Waals surface area contributed by atoms with Gasteiger partial charge in [0.05, 0.1) is 6.61 Å². The maximum absolute atomic E-state index is 12.7. The third-order valence-corrected chi connectivity index (χ3v) is 4.93. The molecule has 2 aliphatic rings. The fraction of sp³-hybridized carbons (Fsp3) is 0.316. The van der Waals surface area contributed by atoms with Crippen molar-refractivity contribution in [2.75, 3.05) is 39.3 Å². The molecule has 0 bridgehead atoms. The smallest absolute Gasteiger partial charge is 0.345 e. The number of carbonyl (C=O) groups excluding carboxylic acids is 1. The van der Waals surface area contributed by atoms with Crippen LogP contribution in [0.5, 0.6) is 0 Å². The minimum Gasteiger partial charge on any atom is -0.477 e. The third kappa shape index (κ3) is 3.25. The molecule has 1 saturated heterocycles. The van der Waals surface area contributed by atoms with Crippen LogP contribution >= 0.6 is 0 Å². The first-order valence-corrected chi connectivity index (χ1v) is 9.00. The second-order valence-electron chi connectivity index (χ2n) is 6.62. The van der Waals surface area contributed by atoms with E-state index >= 15 is 0 Å². The molecule has 0 unspecified atom stereocenters. The van der Waals surface area contributed by atoms with E-state index in [2.05, 4.69) is 14.9 Å². The predicted octanol–water partition coefficient (Wildman–Crippen LogP) is 0.409. The number of aliphatic carboxylic acids is 1. The minimum atomic E-state index is -1.30. The zero-order valence-electron chi connectivity index (χ0n) is 15.1. The number of aliphatic hydroxyl groups excluding tert-OH is 1. The van der Waals surface area contributed by atoms with E-state index < -0.39 is 11.8 Å². The fourth-order valence-corrected chi connectivity index (χ4v) is 3.48. The van der Waals surface area contributed by atoms with Gasteiger partial charge in [-0.15, -0.1) is 0 Å². The van der Waals surface area contributed by atoms with Crippen LogP contribution in [0.1, 0.15) is 5.56 Å². The van der Waals surface area contributed by atoms with Crippen molar-refractivity contribution in [2.24, 2.45) is 0 Å². The van der Waals surface area contributed by atoms with Crippen molar-refractivity contribution in [1.29, 1.82) is 0 Å². The summed E-state index contributed by atoms with van der Waals surface area (Å²) in [6.07, 6.45) is 4.90. The summed E-state index contributed by atoms with van der Waals surface area (Å²) in [5.74, 6) is -1.87. The average Bonchev–Trinajstić information content (AvgIpc) is 3.25. The van der Waals surface area contributed by atoms with Gasteiger partial charge in [-0.25, -0.2) is 9.78 Å². The number of ether oxygens (including phenoxy) is 1. The molecule has 3 N–H and O–H groups in total. The number of hydrogen-bond donors (Lipinski definition) is 3. The van der Waals surface area contributed by atoms with E-state index in [4.69, 9.17) is 9.84 Å². The van der Waals surface area contributed by atoms with E-state index in [-0.39, 0.29) is 23.8 Å². The van der Waals surface area contributed by atoms with Gasteiger partial charge in [0.25, 0.3) is 0 Å². The lowest BCUT2D eigenvalue weighted by Crippen LogP contribution is -2.47. The number of H-pyrrole nitrogens is 1. The number of aliphatic hydroxyl groups is 1. The number of aromatic amines is 1. The number of pyridine rings is 1. The number of aromatic nitrogens is 2. The molecule has 2 aromatic heterocycles. The highest BCUT2D eigenvalue weighted by Crippen LogP contribution is 2.31.